The number of hydrogen-bond acceptors (Lipinski definition) is 2. The van der Waals surface area contributed by atoms with Gasteiger partial charge in [-0.2, -0.15) is 0 Å². The zero-order valence-electron chi connectivity index (χ0n) is 12.0. The molecule has 0 saturated carbocycles. The van der Waals surface area contributed by atoms with Gasteiger partial charge in [-0.1, -0.05) is 6.07 Å². The molecule has 0 aromatic heterocycles. The van der Waals surface area contributed by atoms with Crippen LogP contribution in [0.4, 0.5) is 13.6 Å². The van der Waals surface area contributed by atoms with E-state index in [1.807, 2.05) is 6.92 Å². The van der Waals surface area contributed by atoms with Crippen LogP contribution in [0, 0.1) is 11.6 Å². The minimum Gasteiger partial charge on any atom is -0.376 e. The van der Waals surface area contributed by atoms with E-state index in [1.54, 1.807) is 0 Å². The molecule has 1 aliphatic rings. The monoisotopic (exact) mass is 298 g/mol. The molecule has 1 fully saturated rings. The third kappa shape index (κ3) is 4.67. The first-order chi connectivity index (χ1) is 10.1. The lowest BCUT2D eigenvalue weighted by atomic mass is 10.1. The Morgan fingerprint density at radius 3 is 2.95 bits per heavy atom. The smallest absolute Gasteiger partial charge is 0.315 e. The quantitative estimate of drug-likeness (QED) is 0.877. The van der Waals surface area contributed by atoms with E-state index in [1.165, 1.54) is 12.1 Å². The van der Waals surface area contributed by atoms with Gasteiger partial charge in [0, 0.05) is 19.2 Å². The van der Waals surface area contributed by atoms with Gasteiger partial charge in [-0.05, 0) is 37.8 Å². The maximum atomic E-state index is 13.4. The largest absolute Gasteiger partial charge is 0.376 e. The fourth-order valence-corrected chi connectivity index (χ4v) is 2.38. The van der Waals surface area contributed by atoms with Gasteiger partial charge in [-0.15, -0.1) is 0 Å². The molecule has 0 spiro atoms. The van der Waals surface area contributed by atoms with Crippen molar-refractivity contribution >= 4 is 6.03 Å². The molecule has 1 saturated heterocycles. The summed E-state index contributed by atoms with van der Waals surface area (Å²) in [6, 6.07) is 3.07. The van der Waals surface area contributed by atoms with E-state index in [0.717, 1.165) is 25.5 Å². The Bertz CT molecular complexity index is 491. The highest BCUT2D eigenvalue weighted by Crippen LogP contribution is 2.15. The normalized spacial score (nSPS) is 19.3. The summed E-state index contributed by atoms with van der Waals surface area (Å²) in [6.07, 6.45) is 2.34. The van der Waals surface area contributed by atoms with Gasteiger partial charge in [0.1, 0.15) is 11.6 Å². The fraction of sp³-hybridized carbons (Fsp3) is 0.533. The van der Waals surface area contributed by atoms with Gasteiger partial charge < -0.3 is 15.4 Å². The first-order valence-corrected chi connectivity index (χ1v) is 7.16. The van der Waals surface area contributed by atoms with E-state index in [2.05, 4.69) is 10.6 Å². The Morgan fingerprint density at radius 2 is 2.29 bits per heavy atom. The molecule has 0 bridgehead atoms. The molecule has 0 radical (unpaired) electrons. The van der Waals surface area contributed by atoms with Crippen molar-refractivity contribution in [1.29, 1.82) is 0 Å². The van der Waals surface area contributed by atoms with E-state index in [-0.39, 0.29) is 24.7 Å². The average Bonchev–Trinajstić information content (AvgIpc) is 2.95. The molecule has 1 aromatic carbocycles. The second kappa shape index (κ2) is 7.36. The lowest BCUT2D eigenvalue weighted by Crippen LogP contribution is -2.46. The summed E-state index contributed by atoms with van der Waals surface area (Å²) >= 11 is 0. The molecule has 1 heterocycles. The topological polar surface area (TPSA) is 50.4 Å². The molecule has 6 heteroatoms. The van der Waals surface area contributed by atoms with Gasteiger partial charge in [0.2, 0.25) is 0 Å². The zero-order chi connectivity index (χ0) is 15.2. The summed E-state index contributed by atoms with van der Waals surface area (Å²) in [5.74, 6) is -1.20. The van der Waals surface area contributed by atoms with Gasteiger partial charge in [-0.3, -0.25) is 0 Å². The number of rotatable bonds is 5. The van der Waals surface area contributed by atoms with Crippen molar-refractivity contribution in [3.05, 3.63) is 35.4 Å². The van der Waals surface area contributed by atoms with E-state index in [4.69, 9.17) is 4.74 Å². The first-order valence-electron chi connectivity index (χ1n) is 7.16. The molecule has 1 aliphatic heterocycles. The van der Waals surface area contributed by atoms with Crippen molar-refractivity contribution in [2.75, 3.05) is 13.2 Å². The minimum absolute atomic E-state index is 0.0601. The first kappa shape index (κ1) is 15.7. The summed E-state index contributed by atoms with van der Waals surface area (Å²) in [6.45, 7) is 2.92. The van der Waals surface area contributed by atoms with Gasteiger partial charge in [-0.25, -0.2) is 13.6 Å². The molecule has 0 unspecified atom stereocenters. The molecule has 1 aromatic rings. The second-order valence-corrected chi connectivity index (χ2v) is 5.23. The van der Waals surface area contributed by atoms with Crippen LogP contribution in [0.2, 0.25) is 0 Å². The van der Waals surface area contributed by atoms with Gasteiger partial charge >= 0.3 is 6.03 Å². The van der Waals surface area contributed by atoms with Gasteiger partial charge in [0.25, 0.3) is 0 Å². The number of urea groups is 1. The summed E-state index contributed by atoms with van der Waals surface area (Å²) < 4.78 is 31.7. The van der Waals surface area contributed by atoms with E-state index >= 15 is 0 Å². The average molecular weight is 298 g/mol. The number of amides is 2. The van der Waals surface area contributed by atoms with Crippen LogP contribution < -0.4 is 10.6 Å². The molecular weight excluding hydrogens is 278 g/mol. The third-order valence-electron chi connectivity index (χ3n) is 3.58. The standard InChI is InChI=1S/C15H20F2N2O2/c1-10(14-3-2-8-21-14)19-15(20)18-7-6-11-4-5-12(16)9-13(11)17/h4-5,9-10,14H,2-3,6-8H2,1H3,(H2,18,19,20)/t10-,14-/m1/s1. The second-order valence-electron chi connectivity index (χ2n) is 5.23. The third-order valence-corrected chi connectivity index (χ3v) is 3.58. The van der Waals surface area contributed by atoms with E-state index < -0.39 is 11.6 Å². The van der Waals surface area contributed by atoms with Crippen LogP contribution in [0.5, 0.6) is 0 Å². The molecule has 4 nitrogen and oxygen atoms in total. The molecule has 2 amide bonds. The molecule has 2 rings (SSSR count). The Labute approximate surface area is 122 Å². The van der Waals surface area contributed by atoms with Crippen molar-refractivity contribution in [2.24, 2.45) is 0 Å². The minimum atomic E-state index is -0.604. The number of carbonyl (C=O) groups is 1. The van der Waals surface area contributed by atoms with Crippen molar-refractivity contribution in [3.63, 3.8) is 0 Å². The fourth-order valence-electron chi connectivity index (χ4n) is 2.38. The van der Waals surface area contributed by atoms with Crippen molar-refractivity contribution in [2.45, 2.75) is 38.3 Å². The molecule has 2 atom stereocenters. The number of halogens is 2. The van der Waals surface area contributed by atoms with Crippen LogP contribution in [0.3, 0.4) is 0 Å². The lowest BCUT2D eigenvalue weighted by molar-refractivity contribution is 0.0860. The van der Waals surface area contributed by atoms with E-state index in [9.17, 15) is 13.6 Å². The number of hydrogen-bond donors (Lipinski definition) is 2. The highest BCUT2D eigenvalue weighted by molar-refractivity contribution is 5.74. The van der Waals surface area contributed by atoms with Gasteiger partial charge in [0.05, 0.1) is 12.1 Å². The maximum absolute atomic E-state index is 13.4. The highest BCUT2D eigenvalue weighted by Gasteiger charge is 2.23. The Morgan fingerprint density at radius 1 is 1.48 bits per heavy atom. The molecule has 2 N–H and O–H groups in total. The Balaban J connectivity index is 1.71. The summed E-state index contributed by atoms with van der Waals surface area (Å²) in [5.41, 5.74) is 0.379. The van der Waals surface area contributed by atoms with Crippen LogP contribution in [0.25, 0.3) is 0 Å². The summed E-state index contributed by atoms with van der Waals surface area (Å²) in [4.78, 5) is 11.7. The molecule has 0 aliphatic carbocycles. The van der Waals surface area contributed by atoms with Crippen LogP contribution >= 0.6 is 0 Å². The van der Waals surface area contributed by atoms with Crippen LogP contribution in [0.15, 0.2) is 18.2 Å². The summed E-state index contributed by atoms with van der Waals surface area (Å²) in [5, 5.41) is 5.46. The van der Waals surface area contributed by atoms with Crippen molar-refractivity contribution < 1.29 is 18.3 Å². The highest BCUT2D eigenvalue weighted by atomic mass is 19.1. The summed E-state index contributed by atoms with van der Waals surface area (Å²) in [7, 11) is 0. The lowest BCUT2D eigenvalue weighted by Gasteiger charge is -2.20. The molecule has 21 heavy (non-hydrogen) atoms. The van der Waals surface area contributed by atoms with E-state index in [0.29, 0.717) is 12.0 Å². The Kier molecular flexibility index (Phi) is 5.50. The predicted octanol–water partition coefficient (Wildman–Crippen LogP) is 2.37. The number of nitrogens with one attached hydrogen (secondary N) is 2. The number of carbonyl (C=O) groups excluding carboxylic acids is 1. The molecular formula is C15H20F2N2O2. The molecule has 116 valence electrons. The zero-order valence-corrected chi connectivity index (χ0v) is 12.0. The van der Waals surface area contributed by atoms with Crippen molar-refractivity contribution in [3.8, 4) is 0 Å². The SMILES string of the molecule is C[C@@H](NC(=O)NCCc1ccc(F)cc1F)[C@H]1CCCO1. The number of ether oxygens (including phenoxy) is 1. The Hall–Kier alpha value is -1.69. The predicted molar refractivity (Wildman–Crippen MR) is 75.0 cm³/mol. The van der Waals surface area contributed by atoms with Gasteiger partial charge in [0.15, 0.2) is 0 Å². The van der Waals surface area contributed by atoms with Crippen LogP contribution in [-0.2, 0) is 11.2 Å². The van der Waals surface area contributed by atoms with Crippen LogP contribution in [0.1, 0.15) is 25.3 Å². The van der Waals surface area contributed by atoms with Crippen molar-refractivity contribution in [1.82, 2.24) is 10.6 Å². The number of benzene rings is 1. The maximum Gasteiger partial charge on any atom is 0.315 e. The van der Waals surface area contributed by atoms with Crippen LogP contribution in [-0.4, -0.2) is 31.3 Å².